The fourth-order valence-electron chi connectivity index (χ4n) is 3.10. The van der Waals surface area contributed by atoms with E-state index >= 15 is 0 Å². The SMILES string of the molecule is O=C(Cn1c(-c2cc(Cl)ccc2Cl)nc2ccc(Cl)cc21)Nc1cc(Cl)cc(Cl)c1. The van der Waals surface area contributed by atoms with Crippen molar-refractivity contribution in [2.24, 2.45) is 0 Å². The minimum absolute atomic E-state index is 0.0425. The number of rotatable bonds is 4. The predicted molar refractivity (Wildman–Crippen MR) is 125 cm³/mol. The van der Waals surface area contributed by atoms with Gasteiger partial charge < -0.3 is 9.88 Å². The second-order valence-corrected chi connectivity index (χ2v) is 8.64. The first-order valence-electron chi connectivity index (χ1n) is 8.67. The van der Waals surface area contributed by atoms with Crippen molar-refractivity contribution < 1.29 is 4.79 Å². The van der Waals surface area contributed by atoms with Crippen molar-refractivity contribution in [2.45, 2.75) is 6.54 Å². The summed E-state index contributed by atoms with van der Waals surface area (Å²) in [5, 5.41) is 5.13. The van der Waals surface area contributed by atoms with E-state index in [-0.39, 0.29) is 12.5 Å². The van der Waals surface area contributed by atoms with Crippen LogP contribution in [0.15, 0.2) is 54.6 Å². The van der Waals surface area contributed by atoms with Crippen molar-refractivity contribution in [3.8, 4) is 11.4 Å². The predicted octanol–water partition coefficient (Wildman–Crippen LogP) is 7.61. The van der Waals surface area contributed by atoms with E-state index in [1.165, 1.54) is 0 Å². The molecule has 0 fully saturated rings. The smallest absolute Gasteiger partial charge is 0.244 e. The molecule has 1 N–H and O–H groups in total. The lowest BCUT2D eigenvalue weighted by Gasteiger charge is -2.12. The molecule has 4 aromatic rings. The number of nitrogens with zero attached hydrogens (tertiary/aromatic N) is 2. The van der Waals surface area contributed by atoms with Crippen LogP contribution in [0, 0.1) is 0 Å². The van der Waals surface area contributed by atoms with E-state index in [1.54, 1.807) is 59.2 Å². The van der Waals surface area contributed by atoms with Gasteiger partial charge in [0.2, 0.25) is 5.91 Å². The Labute approximate surface area is 197 Å². The fourth-order valence-corrected chi connectivity index (χ4v) is 4.17. The Morgan fingerprint density at radius 2 is 1.50 bits per heavy atom. The van der Waals surface area contributed by atoms with Gasteiger partial charge in [-0.05, 0) is 54.6 Å². The molecule has 0 aliphatic carbocycles. The Hall–Kier alpha value is -1.95. The molecule has 0 atom stereocenters. The Morgan fingerprint density at radius 1 is 0.833 bits per heavy atom. The highest BCUT2D eigenvalue weighted by Gasteiger charge is 2.18. The van der Waals surface area contributed by atoms with Crippen molar-refractivity contribution in [2.75, 3.05) is 5.32 Å². The molecule has 0 radical (unpaired) electrons. The molecule has 9 heteroatoms. The molecule has 0 aliphatic rings. The number of carbonyl (C=O) groups excluding carboxylic acids is 1. The molecule has 0 spiro atoms. The number of carbonyl (C=O) groups is 1. The van der Waals surface area contributed by atoms with Crippen LogP contribution in [0.3, 0.4) is 0 Å². The zero-order valence-corrected chi connectivity index (χ0v) is 18.9. The van der Waals surface area contributed by atoms with E-state index in [4.69, 9.17) is 58.0 Å². The van der Waals surface area contributed by atoms with E-state index in [1.807, 2.05) is 0 Å². The van der Waals surface area contributed by atoms with Gasteiger partial charge >= 0.3 is 0 Å². The van der Waals surface area contributed by atoms with E-state index in [0.29, 0.717) is 53.2 Å². The minimum atomic E-state index is -0.299. The molecule has 1 aromatic heterocycles. The molecule has 1 heterocycles. The summed E-state index contributed by atoms with van der Waals surface area (Å²) in [4.78, 5) is 17.5. The first kappa shape index (κ1) is 21.3. The fraction of sp³-hybridized carbons (Fsp3) is 0.0476. The van der Waals surface area contributed by atoms with E-state index in [2.05, 4.69) is 10.3 Å². The molecule has 4 nitrogen and oxygen atoms in total. The van der Waals surface area contributed by atoms with Crippen LogP contribution in [-0.2, 0) is 11.3 Å². The lowest BCUT2D eigenvalue weighted by Crippen LogP contribution is -2.19. The number of hydrogen-bond donors (Lipinski definition) is 1. The van der Waals surface area contributed by atoms with Crippen LogP contribution in [-0.4, -0.2) is 15.5 Å². The van der Waals surface area contributed by atoms with Crippen LogP contribution in [0.1, 0.15) is 0 Å². The molecule has 0 bridgehead atoms. The van der Waals surface area contributed by atoms with Crippen molar-refractivity contribution in [1.29, 1.82) is 0 Å². The lowest BCUT2D eigenvalue weighted by molar-refractivity contribution is -0.116. The summed E-state index contributed by atoms with van der Waals surface area (Å²) in [6, 6.07) is 15.2. The molecule has 4 rings (SSSR count). The Kier molecular flexibility index (Phi) is 6.14. The summed E-state index contributed by atoms with van der Waals surface area (Å²) >= 11 is 30.8. The molecule has 1 amide bonds. The first-order chi connectivity index (χ1) is 14.3. The summed E-state index contributed by atoms with van der Waals surface area (Å²) < 4.78 is 1.74. The van der Waals surface area contributed by atoms with E-state index in [0.717, 1.165) is 0 Å². The summed E-state index contributed by atoms with van der Waals surface area (Å²) in [5.74, 6) is 0.200. The zero-order chi connectivity index (χ0) is 21.4. The highest BCUT2D eigenvalue weighted by Crippen LogP contribution is 2.33. The van der Waals surface area contributed by atoms with Gasteiger partial charge in [-0.1, -0.05) is 58.0 Å². The summed E-state index contributed by atoms with van der Waals surface area (Å²) in [5.41, 5.74) is 2.45. The van der Waals surface area contributed by atoms with Gasteiger partial charge in [0.25, 0.3) is 0 Å². The largest absolute Gasteiger partial charge is 0.324 e. The monoisotopic (exact) mass is 497 g/mol. The van der Waals surface area contributed by atoms with Crippen LogP contribution in [0.4, 0.5) is 5.69 Å². The molecule has 0 saturated heterocycles. The molecule has 0 saturated carbocycles. The normalized spacial score (nSPS) is 11.1. The van der Waals surface area contributed by atoms with Crippen molar-refractivity contribution in [1.82, 2.24) is 9.55 Å². The summed E-state index contributed by atoms with van der Waals surface area (Å²) in [6.45, 7) is -0.0425. The van der Waals surface area contributed by atoms with Crippen molar-refractivity contribution >= 4 is 80.6 Å². The molecule has 0 unspecified atom stereocenters. The number of benzene rings is 3. The third-order valence-corrected chi connectivity index (χ3v) is 5.56. The number of imidazole rings is 1. The second kappa shape index (κ2) is 8.66. The quantitative estimate of drug-likeness (QED) is 0.314. The van der Waals surface area contributed by atoms with Gasteiger partial charge in [0.1, 0.15) is 12.4 Å². The highest BCUT2D eigenvalue weighted by molar-refractivity contribution is 6.36. The number of aromatic nitrogens is 2. The maximum Gasteiger partial charge on any atom is 0.244 e. The summed E-state index contributed by atoms with van der Waals surface area (Å²) in [7, 11) is 0. The molecule has 30 heavy (non-hydrogen) atoms. The number of halogens is 5. The van der Waals surface area contributed by atoms with Gasteiger partial charge in [0, 0.05) is 31.3 Å². The number of fused-ring (bicyclic) bond motifs is 1. The molecule has 152 valence electrons. The standard InChI is InChI=1S/C21H12Cl5N3O/c22-11-1-3-17(26)16(8-11)21-28-18-4-2-12(23)9-19(18)29(21)10-20(30)27-15-6-13(24)5-14(25)7-15/h1-9H,10H2,(H,27,30). The van der Waals surface area contributed by atoms with Crippen LogP contribution in [0.5, 0.6) is 0 Å². The summed E-state index contributed by atoms with van der Waals surface area (Å²) in [6.07, 6.45) is 0. The average Bonchev–Trinajstić information content (AvgIpc) is 3.00. The molecular formula is C21H12Cl5N3O. The Morgan fingerprint density at radius 3 is 2.23 bits per heavy atom. The second-order valence-electron chi connectivity index (χ2n) is 6.49. The van der Waals surface area contributed by atoms with Crippen LogP contribution >= 0.6 is 58.0 Å². The number of nitrogens with one attached hydrogen (secondary N) is 1. The Balaban J connectivity index is 1.77. The molecular weight excluding hydrogens is 488 g/mol. The topological polar surface area (TPSA) is 46.9 Å². The number of anilines is 1. The maximum atomic E-state index is 12.8. The van der Waals surface area contributed by atoms with Crippen LogP contribution < -0.4 is 5.32 Å². The third-order valence-electron chi connectivity index (χ3n) is 4.33. The van der Waals surface area contributed by atoms with Gasteiger partial charge in [-0.2, -0.15) is 0 Å². The van der Waals surface area contributed by atoms with Crippen molar-refractivity contribution in [3.05, 3.63) is 79.7 Å². The average molecular weight is 500 g/mol. The Bertz CT molecular complexity index is 1270. The minimum Gasteiger partial charge on any atom is -0.324 e. The van der Waals surface area contributed by atoms with Gasteiger partial charge in [-0.25, -0.2) is 4.98 Å². The third kappa shape index (κ3) is 4.53. The van der Waals surface area contributed by atoms with Crippen LogP contribution in [0.25, 0.3) is 22.4 Å². The number of amides is 1. The van der Waals surface area contributed by atoms with Gasteiger partial charge in [0.15, 0.2) is 0 Å². The number of hydrogen-bond acceptors (Lipinski definition) is 2. The highest BCUT2D eigenvalue weighted by atomic mass is 35.5. The lowest BCUT2D eigenvalue weighted by atomic mass is 10.2. The van der Waals surface area contributed by atoms with E-state index < -0.39 is 0 Å². The van der Waals surface area contributed by atoms with Crippen LogP contribution in [0.2, 0.25) is 25.1 Å². The zero-order valence-electron chi connectivity index (χ0n) is 15.1. The first-order valence-corrected chi connectivity index (χ1v) is 10.6. The maximum absolute atomic E-state index is 12.8. The van der Waals surface area contributed by atoms with Crippen molar-refractivity contribution in [3.63, 3.8) is 0 Å². The van der Waals surface area contributed by atoms with Gasteiger partial charge in [-0.3, -0.25) is 4.79 Å². The molecule has 0 aliphatic heterocycles. The molecule has 3 aromatic carbocycles. The van der Waals surface area contributed by atoms with Gasteiger partial charge in [-0.15, -0.1) is 0 Å². The van der Waals surface area contributed by atoms with Gasteiger partial charge in [0.05, 0.1) is 16.1 Å². The van der Waals surface area contributed by atoms with E-state index in [9.17, 15) is 4.79 Å².